The fraction of sp³-hybridized carbons (Fsp3) is 0.583. The van der Waals surface area contributed by atoms with Crippen molar-refractivity contribution in [2.24, 2.45) is 5.92 Å². The number of hydrogen-bond donors (Lipinski definition) is 2. The molecule has 0 bridgehead atoms. The summed E-state index contributed by atoms with van der Waals surface area (Å²) in [6.45, 7) is 6.08. The van der Waals surface area contributed by atoms with E-state index in [0.29, 0.717) is 18.8 Å². The van der Waals surface area contributed by atoms with Crippen LogP contribution in [-0.4, -0.2) is 27.6 Å². The Morgan fingerprint density at radius 3 is 2.82 bits per heavy atom. The lowest BCUT2D eigenvalue weighted by Gasteiger charge is -2.14. The van der Waals surface area contributed by atoms with Gasteiger partial charge in [-0.25, -0.2) is 4.98 Å². The summed E-state index contributed by atoms with van der Waals surface area (Å²) >= 11 is 0. The van der Waals surface area contributed by atoms with Crippen molar-refractivity contribution < 1.29 is 9.90 Å². The fourth-order valence-corrected chi connectivity index (χ4v) is 1.59. The number of anilines is 1. The molecule has 0 aliphatic heterocycles. The quantitative estimate of drug-likeness (QED) is 0.791. The molecule has 0 spiro atoms. The van der Waals surface area contributed by atoms with Crippen LogP contribution in [0.2, 0.25) is 0 Å². The monoisotopic (exact) mass is 237 g/mol. The number of aromatic nitrogens is 2. The number of nitrogens with one attached hydrogen (secondary N) is 1. The van der Waals surface area contributed by atoms with Crippen LogP contribution in [0, 0.1) is 19.8 Å². The Morgan fingerprint density at radius 2 is 2.24 bits per heavy atom. The van der Waals surface area contributed by atoms with E-state index in [0.717, 1.165) is 17.8 Å². The van der Waals surface area contributed by atoms with Gasteiger partial charge in [-0.3, -0.25) is 9.78 Å². The van der Waals surface area contributed by atoms with Crippen molar-refractivity contribution in [3.8, 4) is 0 Å². The van der Waals surface area contributed by atoms with Gasteiger partial charge in [-0.05, 0) is 20.3 Å². The van der Waals surface area contributed by atoms with Gasteiger partial charge in [0.1, 0.15) is 5.82 Å². The second-order valence-electron chi connectivity index (χ2n) is 4.15. The van der Waals surface area contributed by atoms with Crippen molar-refractivity contribution in [2.45, 2.75) is 33.6 Å². The summed E-state index contributed by atoms with van der Waals surface area (Å²) < 4.78 is 0. The van der Waals surface area contributed by atoms with E-state index in [1.165, 1.54) is 0 Å². The lowest BCUT2D eigenvalue weighted by molar-refractivity contribution is -0.141. The maximum Gasteiger partial charge on any atom is 0.308 e. The molecule has 17 heavy (non-hydrogen) atoms. The molecular formula is C12H19N3O2. The second kappa shape index (κ2) is 6.18. The molecule has 1 unspecified atom stereocenters. The highest BCUT2D eigenvalue weighted by Crippen LogP contribution is 2.12. The van der Waals surface area contributed by atoms with Crippen molar-refractivity contribution in [3.05, 3.63) is 17.6 Å². The molecule has 2 N–H and O–H groups in total. The number of carboxylic acid groups (broad SMARTS) is 1. The predicted octanol–water partition coefficient (Wildman–Crippen LogP) is 2.01. The van der Waals surface area contributed by atoms with Crippen LogP contribution in [-0.2, 0) is 4.79 Å². The molecule has 1 aromatic rings. The van der Waals surface area contributed by atoms with E-state index in [9.17, 15) is 4.79 Å². The summed E-state index contributed by atoms with van der Waals surface area (Å²) in [7, 11) is 0. The Bertz CT molecular complexity index is 393. The zero-order valence-corrected chi connectivity index (χ0v) is 10.5. The number of hydrogen-bond acceptors (Lipinski definition) is 4. The summed E-state index contributed by atoms with van der Waals surface area (Å²) in [5, 5.41) is 12.1. The summed E-state index contributed by atoms with van der Waals surface area (Å²) in [6, 6.07) is 0. The molecule has 5 nitrogen and oxygen atoms in total. The third kappa shape index (κ3) is 4.01. The zero-order chi connectivity index (χ0) is 12.8. The van der Waals surface area contributed by atoms with E-state index in [-0.39, 0.29) is 5.92 Å². The topological polar surface area (TPSA) is 75.1 Å². The smallest absolute Gasteiger partial charge is 0.308 e. The predicted molar refractivity (Wildman–Crippen MR) is 66.0 cm³/mol. The molecule has 0 amide bonds. The molecule has 1 rings (SSSR count). The van der Waals surface area contributed by atoms with E-state index in [1.54, 1.807) is 6.20 Å². The van der Waals surface area contributed by atoms with Gasteiger partial charge in [0, 0.05) is 12.7 Å². The molecule has 0 aliphatic carbocycles. The normalized spacial score (nSPS) is 12.2. The highest BCUT2D eigenvalue weighted by atomic mass is 16.4. The number of nitrogens with zero attached hydrogens (tertiary/aromatic N) is 2. The SMILES string of the molecule is CCCC(CNc1nc(C)cnc1C)C(=O)O. The molecule has 0 fully saturated rings. The molecule has 5 heteroatoms. The third-order valence-corrected chi connectivity index (χ3v) is 2.58. The van der Waals surface area contributed by atoms with Gasteiger partial charge in [0.2, 0.25) is 0 Å². The van der Waals surface area contributed by atoms with Crippen LogP contribution in [0.25, 0.3) is 0 Å². The molecule has 0 aliphatic rings. The first-order valence-electron chi connectivity index (χ1n) is 5.81. The minimum atomic E-state index is -0.766. The zero-order valence-electron chi connectivity index (χ0n) is 10.5. The molecule has 0 aromatic carbocycles. The van der Waals surface area contributed by atoms with Crippen molar-refractivity contribution in [3.63, 3.8) is 0 Å². The Kier molecular flexibility index (Phi) is 4.87. The van der Waals surface area contributed by atoms with Crippen LogP contribution in [0.1, 0.15) is 31.2 Å². The van der Waals surface area contributed by atoms with E-state index >= 15 is 0 Å². The van der Waals surface area contributed by atoms with Crippen molar-refractivity contribution in [1.82, 2.24) is 9.97 Å². The van der Waals surface area contributed by atoms with Crippen molar-refractivity contribution >= 4 is 11.8 Å². The third-order valence-electron chi connectivity index (χ3n) is 2.58. The van der Waals surface area contributed by atoms with Crippen LogP contribution in [0.3, 0.4) is 0 Å². The van der Waals surface area contributed by atoms with Gasteiger partial charge in [-0.15, -0.1) is 0 Å². The molecule has 1 atom stereocenters. The minimum absolute atomic E-state index is 0.373. The second-order valence-corrected chi connectivity index (χ2v) is 4.15. The Hall–Kier alpha value is -1.65. The Labute approximate surface area is 101 Å². The van der Waals surface area contributed by atoms with Gasteiger partial charge < -0.3 is 10.4 Å². The first kappa shape index (κ1) is 13.4. The first-order valence-corrected chi connectivity index (χ1v) is 5.81. The number of aryl methyl sites for hydroxylation is 2. The van der Waals surface area contributed by atoms with Crippen LogP contribution in [0.15, 0.2) is 6.20 Å². The summed E-state index contributed by atoms with van der Waals surface area (Å²) in [6.07, 6.45) is 3.22. The Morgan fingerprint density at radius 1 is 1.53 bits per heavy atom. The van der Waals surface area contributed by atoms with Gasteiger partial charge in [-0.1, -0.05) is 13.3 Å². The highest BCUT2D eigenvalue weighted by Gasteiger charge is 2.16. The maximum absolute atomic E-state index is 11.0. The lowest BCUT2D eigenvalue weighted by Crippen LogP contribution is -2.23. The highest BCUT2D eigenvalue weighted by molar-refractivity contribution is 5.70. The van der Waals surface area contributed by atoms with Crippen LogP contribution >= 0.6 is 0 Å². The summed E-state index contributed by atoms with van der Waals surface area (Å²) in [5.74, 6) is -0.466. The summed E-state index contributed by atoms with van der Waals surface area (Å²) in [5.41, 5.74) is 1.61. The van der Waals surface area contributed by atoms with Crippen LogP contribution in [0.4, 0.5) is 5.82 Å². The largest absolute Gasteiger partial charge is 0.481 e. The van der Waals surface area contributed by atoms with Gasteiger partial charge in [0.15, 0.2) is 0 Å². The number of carbonyl (C=O) groups is 1. The Balaban J connectivity index is 2.64. The average molecular weight is 237 g/mol. The van der Waals surface area contributed by atoms with E-state index in [1.807, 2.05) is 20.8 Å². The van der Waals surface area contributed by atoms with Crippen LogP contribution < -0.4 is 5.32 Å². The fourth-order valence-electron chi connectivity index (χ4n) is 1.59. The van der Waals surface area contributed by atoms with Gasteiger partial charge in [0.25, 0.3) is 0 Å². The van der Waals surface area contributed by atoms with E-state index in [2.05, 4.69) is 15.3 Å². The first-order chi connectivity index (χ1) is 8.04. The van der Waals surface area contributed by atoms with Gasteiger partial charge in [-0.2, -0.15) is 0 Å². The molecule has 1 heterocycles. The number of rotatable bonds is 6. The van der Waals surface area contributed by atoms with E-state index < -0.39 is 5.97 Å². The molecule has 1 aromatic heterocycles. The summed E-state index contributed by atoms with van der Waals surface area (Å²) in [4.78, 5) is 19.5. The standard InChI is InChI=1S/C12H19N3O2/c1-4-5-10(12(16)17)7-14-11-9(3)13-6-8(2)15-11/h6,10H,4-5,7H2,1-3H3,(H,14,15)(H,16,17). The molecule has 0 radical (unpaired) electrons. The molecule has 0 saturated heterocycles. The van der Waals surface area contributed by atoms with Gasteiger partial charge in [0.05, 0.1) is 17.3 Å². The van der Waals surface area contributed by atoms with Crippen molar-refractivity contribution in [2.75, 3.05) is 11.9 Å². The lowest BCUT2D eigenvalue weighted by atomic mass is 10.0. The molecular weight excluding hydrogens is 218 g/mol. The van der Waals surface area contributed by atoms with E-state index in [4.69, 9.17) is 5.11 Å². The van der Waals surface area contributed by atoms with Gasteiger partial charge >= 0.3 is 5.97 Å². The maximum atomic E-state index is 11.0. The number of carboxylic acids is 1. The average Bonchev–Trinajstić information content (AvgIpc) is 2.28. The number of aliphatic carboxylic acids is 1. The minimum Gasteiger partial charge on any atom is -0.481 e. The molecule has 94 valence electrons. The molecule has 0 saturated carbocycles. The van der Waals surface area contributed by atoms with Crippen molar-refractivity contribution in [1.29, 1.82) is 0 Å². The van der Waals surface area contributed by atoms with Crippen LogP contribution in [0.5, 0.6) is 0 Å².